The van der Waals surface area contributed by atoms with Gasteiger partial charge in [0.05, 0.1) is 12.3 Å². The maximum Gasteiger partial charge on any atom is 0.390 e. The summed E-state index contributed by atoms with van der Waals surface area (Å²) in [5.74, 6) is 0.845. The number of nitrogen functional groups attached to an aromatic ring is 1. The van der Waals surface area contributed by atoms with Crippen LogP contribution >= 0.6 is 0 Å². The summed E-state index contributed by atoms with van der Waals surface area (Å²) in [6.07, 6.45) is -5.00. The van der Waals surface area contributed by atoms with E-state index in [4.69, 9.17) is 10.3 Å². The van der Waals surface area contributed by atoms with Crippen molar-refractivity contribution in [2.45, 2.75) is 18.5 Å². The van der Waals surface area contributed by atoms with E-state index in [1.165, 1.54) is 0 Å². The molecule has 1 fully saturated rings. The van der Waals surface area contributed by atoms with E-state index in [-0.39, 0.29) is 30.1 Å². The number of anilines is 3. The van der Waals surface area contributed by atoms with Crippen molar-refractivity contribution in [3.05, 3.63) is 36.2 Å². The number of nitrogens with two attached hydrogens (primary N) is 1. The van der Waals surface area contributed by atoms with Crippen molar-refractivity contribution in [2.75, 3.05) is 37.3 Å². The third kappa shape index (κ3) is 4.48. The normalized spacial score (nSPS) is 15.2. The van der Waals surface area contributed by atoms with Gasteiger partial charge in [0.25, 0.3) is 0 Å². The van der Waals surface area contributed by atoms with Crippen LogP contribution in [0.15, 0.2) is 34.9 Å². The third-order valence-electron chi connectivity index (χ3n) is 4.74. The van der Waals surface area contributed by atoms with Crippen LogP contribution in [0.3, 0.4) is 0 Å². The summed E-state index contributed by atoms with van der Waals surface area (Å²) in [6.45, 7) is 0.818. The van der Waals surface area contributed by atoms with Gasteiger partial charge < -0.3 is 20.1 Å². The Bertz CT molecular complexity index is 1000. The highest BCUT2D eigenvalue weighted by Crippen LogP contribution is 2.29. The molecule has 0 bridgehead atoms. The predicted molar refractivity (Wildman–Crippen MR) is 102 cm³/mol. The fraction of sp³-hybridized carbons (Fsp3) is 0.389. The molecule has 0 saturated carbocycles. The molecular weight excluding hydrogens is 401 g/mol. The van der Waals surface area contributed by atoms with Crippen LogP contribution in [-0.4, -0.2) is 62.9 Å². The summed E-state index contributed by atoms with van der Waals surface area (Å²) >= 11 is 0. The molecule has 0 radical (unpaired) electrons. The van der Waals surface area contributed by atoms with Crippen molar-refractivity contribution in [2.24, 2.45) is 0 Å². The summed E-state index contributed by atoms with van der Waals surface area (Å²) in [6, 6.07) is 9.47. The summed E-state index contributed by atoms with van der Waals surface area (Å²) in [4.78, 5) is 20.3. The minimum absolute atomic E-state index is 0.00565. The molecule has 1 aliphatic heterocycles. The highest BCUT2D eigenvalue weighted by Gasteiger charge is 2.36. The van der Waals surface area contributed by atoms with Gasteiger partial charge in [-0.15, -0.1) is 0 Å². The van der Waals surface area contributed by atoms with Crippen LogP contribution in [0, 0.1) is 0 Å². The molecule has 0 aliphatic carbocycles. The molecule has 158 valence electrons. The van der Waals surface area contributed by atoms with E-state index in [0.717, 1.165) is 5.69 Å². The second-order valence-electron chi connectivity index (χ2n) is 6.99. The number of halogens is 3. The second-order valence-corrected chi connectivity index (χ2v) is 6.99. The maximum absolute atomic E-state index is 12.3. The van der Waals surface area contributed by atoms with Gasteiger partial charge >= 0.3 is 6.18 Å². The van der Waals surface area contributed by atoms with E-state index < -0.39 is 12.6 Å². The molecule has 3 aromatic rings. The lowest BCUT2D eigenvalue weighted by Gasteiger charge is -2.37. The maximum atomic E-state index is 12.3. The van der Waals surface area contributed by atoms with E-state index in [2.05, 4.69) is 25.1 Å². The van der Waals surface area contributed by atoms with E-state index in [1.807, 2.05) is 30.3 Å². The standard InChI is InChI=1S/C18H19F3N8O/c1-28(12-5-3-2-4-6-12)17-25-13(24-16(22)26-17)14-23-15(30-27-14)11-9-29(10-11)8-7-18(19,20)21/h2-6,11H,7-10H2,1H3,(H2,22,24,25,26). The average molecular weight is 420 g/mol. The lowest BCUT2D eigenvalue weighted by Crippen LogP contribution is -2.46. The minimum atomic E-state index is -4.16. The monoisotopic (exact) mass is 420 g/mol. The zero-order valence-corrected chi connectivity index (χ0v) is 16.0. The molecule has 1 saturated heterocycles. The van der Waals surface area contributed by atoms with Crippen LogP contribution in [0.2, 0.25) is 0 Å². The van der Waals surface area contributed by atoms with Crippen molar-refractivity contribution in [3.63, 3.8) is 0 Å². The molecule has 0 unspecified atom stereocenters. The third-order valence-corrected chi connectivity index (χ3v) is 4.74. The Kier molecular flexibility index (Phi) is 5.24. The Hall–Kier alpha value is -3.28. The number of benzene rings is 1. The number of nitrogens with zero attached hydrogens (tertiary/aromatic N) is 7. The number of aromatic nitrogens is 5. The van der Waals surface area contributed by atoms with Crippen LogP contribution in [0.5, 0.6) is 0 Å². The van der Waals surface area contributed by atoms with Crippen molar-refractivity contribution < 1.29 is 17.7 Å². The summed E-state index contributed by atoms with van der Waals surface area (Å²) in [7, 11) is 1.79. The molecule has 0 spiro atoms. The Labute approximate surface area is 169 Å². The summed E-state index contributed by atoms with van der Waals surface area (Å²) in [5, 5.41) is 3.90. The van der Waals surface area contributed by atoms with Gasteiger partial charge in [0.2, 0.25) is 29.4 Å². The zero-order chi connectivity index (χ0) is 21.3. The predicted octanol–water partition coefficient (Wildman–Crippen LogP) is 2.62. The molecule has 4 rings (SSSR count). The van der Waals surface area contributed by atoms with Crippen LogP contribution in [0.25, 0.3) is 11.6 Å². The van der Waals surface area contributed by atoms with Gasteiger partial charge in [0.15, 0.2) is 0 Å². The van der Waals surface area contributed by atoms with Crippen molar-refractivity contribution in [1.82, 2.24) is 30.0 Å². The Morgan fingerprint density at radius 2 is 1.83 bits per heavy atom. The lowest BCUT2D eigenvalue weighted by atomic mass is 10.00. The molecular formula is C18H19F3N8O. The van der Waals surface area contributed by atoms with E-state index >= 15 is 0 Å². The molecule has 9 nitrogen and oxygen atoms in total. The number of likely N-dealkylation sites (tertiary alicyclic amines) is 1. The average Bonchev–Trinajstić information content (AvgIpc) is 3.15. The Morgan fingerprint density at radius 1 is 1.10 bits per heavy atom. The van der Waals surface area contributed by atoms with Crippen LogP contribution in [0.1, 0.15) is 18.2 Å². The van der Waals surface area contributed by atoms with E-state index in [9.17, 15) is 13.2 Å². The molecule has 12 heteroatoms. The largest absolute Gasteiger partial charge is 0.390 e. The SMILES string of the molecule is CN(c1ccccc1)c1nc(N)nc(-c2noc(C3CN(CCC(F)(F)F)C3)n2)n1. The molecule has 1 aromatic carbocycles. The lowest BCUT2D eigenvalue weighted by molar-refractivity contribution is -0.140. The molecule has 2 N–H and O–H groups in total. The summed E-state index contributed by atoms with van der Waals surface area (Å²) in [5.41, 5.74) is 6.69. The van der Waals surface area contributed by atoms with Gasteiger partial charge in [-0.05, 0) is 12.1 Å². The van der Waals surface area contributed by atoms with Crippen molar-refractivity contribution >= 4 is 17.6 Å². The number of rotatable bonds is 6. The van der Waals surface area contributed by atoms with Gasteiger partial charge in [-0.3, -0.25) is 0 Å². The first-order chi connectivity index (χ1) is 14.3. The zero-order valence-electron chi connectivity index (χ0n) is 16.0. The number of alkyl halides is 3. The number of para-hydroxylation sites is 1. The van der Waals surface area contributed by atoms with E-state index in [0.29, 0.717) is 24.9 Å². The van der Waals surface area contributed by atoms with Crippen LogP contribution in [-0.2, 0) is 0 Å². The van der Waals surface area contributed by atoms with Crippen molar-refractivity contribution in [3.8, 4) is 11.6 Å². The smallest absolute Gasteiger partial charge is 0.368 e. The molecule has 2 aromatic heterocycles. The van der Waals surface area contributed by atoms with Gasteiger partial charge in [0.1, 0.15) is 0 Å². The number of hydrogen-bond acceptors (Lipinski definition) is 9. The first-order valence-electron chi connectivity index (χ1n) is 9.22. The van der Waals surface area contributed by atoms with Crippen molar-refractivity contribution in [1.29, 1.82) is 0 Å². The van der Waals surface area contributed by atoms with Gasteiger partial charge in [-0.25, -0.2) is 0 Å². The highest BCUT2D eigenvalue weighted by atomic mass is 19.4. The molecule has 3 heterocycles. The Balaban J connectivity index is 1.46. The second kappa shape index (κ2) is 7.86. The molecule has 1 aliphatic rings. The minimum Gasteiger partial charge on any atom is -0.368 e. The fourth-order valence-corrected chi connectivity index (χ4v) is 3.08. The molecule has 0 amide bonds. The van der Waals surface area contributed by atoms with Gasteiger partial charge in [-0.2, -0.15) is 33.1 Å². The van der Waals surface area contributed by atoms with Gasteiger partial charge in [0, 0.05) is 32.4 Å². The highest BCUT2D eigenvalue weighted by molar-refractivity contribution is 5.58. The summed E-state index contributed by atoms with van der Waals surface area (Å²) < 4.78 is 42.2. The first kappa shape index (κ1) is 20.0. The van der Waals surface area contributed by atoms with E-state index in [1.54, 1.807) is 16.8 Å². The van der Waals surface area contributed by atoms with Crippen LogP contribution < -0.4 is 10.6 Å². The topological polar surface area (TPSA) is 110 Å². The van der Waals surface area contributed by atoms with Crippen LogP contribution in [0.4, 0.5) is 30.8 Å². The Morgan fingerprint density at radius 3 is 2.53 bits per heavy atom. The fourth-order valence-electron chi connectivity index (χ4n) is 3.08. The number of hydrogen-bond donors (Lipinski definition) is 1. The van der Waals surface area contributed by atoms with Gasteiger partial charge in [-0.1, -0.05) is 23.4 Å². The molecule has 0 atom stereocenters. The quantitative estimate of drug-likeness (QED) is 0.643. The first-order valence-corrected chi connectivity index (χ1v) is 9.22. The molecule has 30 heavy (non-hydrogen) atoms.